The number of carbonyl (C=O) groups excluding carboxylic acids is 1. The van der Waals surface area contributed by atoms with Gasteiger partial charge < -0.3 is 20.3 Å². The number of ether oxygens (including phenoxy) is 1. The molecule has 0 aliphatic carbocycles. The molecule has 0 saturated carbocycles. The average Bonchev–Trinajstić information content (AvgIpc) is 2.38. The summed E-state index contributed by atoms with van der Waals surface area (Å²) in [6.07, 6.45) is 2.77. The molecule has 5 nitrogen and oxygen atoms in total. The lowest BCUT2D eigenvalue weighted by atomic mass is 9.96. The Bertz CT molecular complexity index is 399. The van der Waals surface area contributed by atoms with Crippen molar-refractivity contribution in [3.05, 3.63) is 23.5 Å². The molecule has 20 heavy (non-hydrogen) atoms. The molecule has 5 heteroatoms. The second-order valence-electron chi connectivity index (χ2n) is 5.28. The Morgan fingerprint density at radius 3 is 2.65 bits per heavy atom. The molecule has 114 valence electrons. The van der Waals surface area contributed by atoms with Crippen LogP contribution in [0.25, 0.3) is 0 Å². The standard InChI is InChI=1S/C15H25NO4/c1-5-16-13-8-12(10(3)17)15(19)20-11(4)9(2)6-7-14(13)18/h6-7,9,11,13-14,16-18H,5,8H2,1-4H3/b7-6?,12-10-/t9-,11+,13?,14-/m1/s1. The molecule has 0 amide bonds. The largest absolute Gasteiger partial charge is 0.512 e. The van der Waals surface area contributed by atoms with Crippen molar-refractivity contribution in [2.45, 2.75) is 52.4 Å². The number of cyclic esters (lactones) is 1. The van der Waals surface area contributed by atoms with Crippen LogP contribution in [-0.4, -0.2) is 41.0 Å². The first-order chi connectivity index (χ1) is 9.36. The van der Waals surface area contributed by atoms with E-state index in [1.165, 1.54) is 6.92 Å². The summed E-state index contributed by atoms with van der Waals surface area (Å²) in [4.78, 5) is 12.1. The van der Waals surface area contributed by atoms with Gasteiger partial charge in [-0.1, -0.05) is 26.0 Å². The Balaban J connectivity index is 3.11. The zero-order chi connectivity index (χ0) is 15.3. The Hall–Kier alpha value is -1.33. The molecule has 3 N–H and O–H groups in total. The van der Waals surface area contributed by atoms with E-state index in [1.807, 2.05) is 19.9 Å². The summed E-state index contributed by atoms with van der Waals surface area (Å²) in [5, 5.41) is 23.0. The number of hydrogen-bond donors (Lipinski definition) is 3. The van der Waals surface area contributed by atoms with Gasteiger partial charge in [-0.2, -0.15) is 0 Å². The quantitative estimate of drug-likeness (QED) is 0.311. The van der Waals surface area contributed by atoms with Crippen molar-refractivity contribution in [1.29, 1.82) is 0 Å². The number of hydrogen-bond acceptors (Lipinski definition) is 5. The molecule has 0 bridgehead atoms. The van der Waals surface area contributed by atoms with Gasteiger partial charge in [-0.3, -0.25) is 0 Å². The van der Waals surface area contributed by atoms with Gasteiger partial charge in [-0.05, 0) is 20.4 Å². The fourth-order valence-corrected chi connectivity index (χ4v) is 2.10. The van der Waals surface area contributed by atoms with Crippen LogP contribution in [0.1, 0.15) is 34.1 Å². The Labute approximate surface area is 120 Å². The van der Waals surface area contributed by atoms with E-state index in [-0.39, 0.29) is 35.8 Å². The minimum absolute atomic E-state index is 0.00535. The van der Waals surface area contributed by atoms with Crippen molar-refractivity contribution in [3.63, 3.8) is 0 Å². The van der Waals surface area contributed by atoms with Crippen molar-refractivity contribution in [1.82, 2.24) is 5.32 Å². The maximum absolute atomic E-state index is 12.1. The predicted octanol–water partition coefficient (Wildman–Crippen LogP) is 1.69. The Morgan fingerprint density at radius 2 is 2.10 bits per heavy atom. The van der Waals surface area contributed by atoms with Crippen LogP contribution in [0, 0.1) is 5.92 Å². The minimum Gasteiger partial charge on any atom is -0.512 e. The number of likely N-dealkylation sites (N-methyl/N-ethyl adjacent to an activating group) is 1. The van der Waals surface area contributed by atoms with Crippen molar-refractivity contribution in [2.75, 3.05) is 6.54 Å². The van der Waals surface area contributed by atoms with E-state index < -0.39 is 12.1 Å². The van der Waals surface area contributed by atoms with E-state index >= 15 is 0 Å². The monoisotopic (exact) mass is 283 g/mol. The summed E-state index contributed by atoms with van der Waals surface area (Å²) in [6.45, 7) is 7.76. The smallest absolute Gasteiger partial charge is 0.337 e. The van der Waals surface area contributed by atoms with Gasteiger partial charge in [0.15, 0.2) is 0 Å². The molecular formula is C15H25NO4. The first kappa shape index (κ1) is 16.7. The highest BCUT2D eigenvalue weighted by molar-refractivity contribution is 5.89. The SMILES string of the molecule is CCNC1C/C(=C(\C)O)C(=O)O[C@@H](C)[C@H](C)C=C[C@H]1O. The molecule has 0 radical (unpaired) electrons. The summed E-state index contributed by atoms with van der Waals surface area (Å²) in [6, 6.07) is -0.332. The number of carbonyl (C=O) groups is 1. The van der Waals surface area contributed by atoms with Crippen LogP contribution < -0.4 is 5.32 Å². The second kappa shape index (κ2) is 7.45. The molecule has 0 spiro atoms. The molecule has 0 saturated heterocycles. The van der Waals surface area contributed by atoms with E-state index in [0.29, 0.717) is 6.54 Å². The van der Waals surface area contributed by atoms with Crippen LogP contribution in [0.3, 0.4) is 0 Å². The maximum Gasteiger partial charge on any atom is 0.337 e. The number of esters is 1. The van der Waals surface area contributed by atoms with Gasteiger partial charge in [0.25, 0.3) is 0 Å². The lowest BCUT2D eigenvalue weighted by Gasteiger charge is -2.26. The fraction of sp³-hybridized carbons (Fsp3) is 0.667. The van der Waals surface area contributed by atoms with Crippen molar-refractivity contribution in [3.8, 4) is 0 Å². The lowest BCUT2D eigenvalue weighted by Crippen LogP contribution is -2.41. The molecule has 1 heterocycles. The molecule has 1 aliphatic heterocycles. The van der Waals surface area contributed by atoms with Gasteiger partial charge in [-0.15, -0.1) is 0 Å². The highest BCUT2D eigenvalue weighted by atomic mass is 16.5. The molecule has 0 fully saturated rings. The molecular weight excluding hydrogens is 258 g/mol. The highest BCUT2D eigenvalue weighted by Crippen LogP contribution is 2.20. The van der Waals surface area contributed by atoms with Gasteiger partial charge in [0, 0.05) is 18.4 Å². The van der Waals surface area contributed by atoms with Crippen molar-refractivity contribution >= 4 is 5.97 Å². The van der Waals surface area contributed by atoms with E-state index in [1.54, 1.807) is 13.0 Å². The van der Waals surface area contributed by atoms with Crippen molar-refractivity contribution < 1.29 is 19.7 Å². The third-order valence-corrected chi connectivity index (χ3v) is 3.63. The van der Waals surface area contributed by atoms with Crippen molar-refractivity contribution in [2.24, 2.45) is 5.92 Å². The van der Waals surface area contributed by atoms with Gasteiger partial charge >= 0.3 is 5.97 Å². The lowest BCUT2D eigenvalue weighted by molar-refractivity contribution is -0.145. The average molecular weight is 283 g/mol. The summed E-state index contributed by atoms with van der Waals surface area (Å²) in [5.74, 6) is -0.585. The predicted molar refractivity (Wildman–Crippen MR) is 77.3 cm³/mol. The van der Waals surface area contributed by atoms with E-state index in [4.69, 9.17) is 4.74 Å². The van der Waals surface area contributed by atoms with Gasteiger partial charge in [0.2, 0.25) is 0 Å². The number of allylic oxidation sites excluding steroid dienone is 1. The molecule has 0 aromatic heterocycles. The molecule has 0 aromatic rings. The van der Waals surface area contributed by atoms with Crippen LogP contribution in [0.2, 0.25) is 0 Å². The normalized spacial score (nSPS) is 34.5. The Kier molecular flexibility index (Phi) is 6.23. The molecule has 0 aromatic carbocycles. The minimum atomic E-state index is -0.718. The van der Waals surface area contributed by atoms with Gasteiger partial charge in [-0.25, -0.2) is 4.79 Å². The summed E-state index contributed by atoms with van der Waals surface area (Å²) in [7, 11) is 0. The number of aliphatic hydroxyl groups is 2. The van der Waals surface area contributed by atoms with E-state index in [2.05, 4.69) is 5.32 Å². The van der Waals surface area contributed by atoms with Gasteiger partial charge in [0.1, 0.15) is 6.10 Å². The Morgan fingerprint density at radius 1 is 1.45 bits per heavy atom. The summed E-state index contributed by atoms with van der Waals surface area (Å²) in [5.41, 5.74) is 0.212. The van der Waals surface area contributed by atoms with Crippen LogP contribution in [0.15, 0.2) is 23.5 Å². The number of rotatable bonds is 2. The first-order valence-electron chi connectivity index (χ1n) is 7.06. The van der Waals surface area contributed by atoms with Crippen LogP contribution in [-0.2, 0) is 9.53 Å². The highest BCUT2D eigenvalue weighted by Gasteiger charge is 2.27. The van der Waals surface area contributed by atoms with Gasteiger partial charge in [0.05, 0.1) is 17.4 Å². The second-order valence-corrected chi connectivity index (χ2v) is 5.28. The summed E-state index contributed by atoms with van der Waals surface area (Å²) >= 11 is 0. The third-order valence-electron chi connectivity index (χ3n) is 3.63. The first-order valence-corrected chi connectivity index (χ1v) is 7.06. The third kappa shape index (κ3) is 4.35. The van der Waals surface area contributed by atoms with E-state index in [9.17, 15) is 15.0 Å². The molecule has 4 atom stereocenters. The maximum atomic E-state index is 12.1. The van der Waals surface area contributed by atoms with Crippen LogP contribution in [0.5, 0.6) is 0 Å². The molecule has 1 rings (SSSR count). The molecule has 1 unspecified atom stereocenters. The number of aliphatic hydroxyl groups excluding tert-OH is 2. The van der Waals surface area contributed by atoms with Crippen LogP contribution in [0.4, 0.5) is 0 Å². The number of nitrogens with one attached hydrogen (secondary N) is 1. The molecule has 1 aliphatic rings. The zero-order valence-electron chi connectivity index (χ0n) is 12.6. The summed E-state index contributed by atoms with van der Waals surface area (Å²) < 4.78 is 5.36. The fourth-order valence-electron chi connectivity index (χ4n) is 2.10. The van der Waals surface area contributed by atoms with E-state index in [0.717, 1.165) is 0 Å². The van der Waals surface area contributed by atoms with Crippen LogP contribution >= 0.6 is 0 Å². The topological polar surface area (TPSA) is 78.8 Å². The zero-order valence-corrected chi connectivity index (χ0v) is 12.6.